The largest absolute Gasteiger partial charge is 0.489 e. The van der Waals surface area contributed by atoms with E-state index in [0.717, 1.165) is 30.4 Å². The van der Waals surface area contributed by atoms with Gasteiger partial charge in [-0.1, -0.05) is 18.2 Å². The van der Waals surface area contributed by atoms with Gasteiger partial charge in [-0.25, -0.2) is 0 Å². The van der Waals surface area contributed by atoms with Crippen molar-refractivity contribution in [2.75, 3.05) is 20.1 Å². The standard InChI is InChI=1S/C18H27N5O.HI/c1-14-11-22-23(13-14)10-9-20-18(19-4)21-12-16(3)24-17-8-6-5-7-15(17)2;/h5-8,11,13,16H,9-10,12H2,1-4H3,(H2,19,20,21);1H. The zero-order chi connectivity index (χ0) is 17.4. The molecule has 6 nitrogen and oxygen atoms in total. The summed E-state index contributed by atoms with van der Waals surface area (Å²) >= 11 is 0. The van der Waals surface area contributed by atoms with Crippen molar-refractivity contribution < 1.29 is 4.74 Å². The van der Waals surface area contributed by atoms with Crippen LogP contribution < -0.4 is 15.4 Å². The molecule has 1 atom stereocenters. The van der Waals surface area contributed by atoms with Crippen molar-refractivity contribution in [2.45, 2.75) is 33.4 Å². The molecule has 138 valence electrons. The van der Waals surface area contributed by atoms with Gasteiger partial charge in [-0.2, -0.15) is 5.10 Å². The molecule has 0 saturated carbocycles. The summed E-state index contributed by atoms with van der Waals surface area (Å²) in [5, 5.41) is 10.8. The van der Waals surface area contributed by atoms with E-state index in [1.807, 2.05) is 62.1 Å². The van der Waals surface area contributed by atoms with Gasteiger partial charge in [0.15, 0.2) is 5.96 Å². The molecule has 2 rings (SSSR count). The lowest BCUT2D eigenvalue weighted by Gasteiger charge is -2.18. The summed E-state index contributed by atoms with van der Waals surface area (Å²) < 4.78 is 7.87. The molecular weight excluding hydrogens is 429 g/mol. The highest BCUT2D eigenvalue weighted by molar-refractivity contribution is 14.0. The van der Waals surface area contributed by atoms with E-state index in [-0.39, 0.29) is 30.1 Å². The topological polar surface area (TPSA) is 63.5 Å². The SMILES string of the molecule is CN=C(NCCn1cc(C)cn1)NCC(C)Oc1ccccc1C.I. The van der Waals surface area contributed by atoms with Gasteiger partial charge in [0.2, 0.25) is 0 Å². The normalized spacial score (nSPS) is 12.2. The third kappa shape index (κ3) is 7.33. The number of hydrogen-bond acceptors (Lipinski definition) is 3. The van der Waals surface area contributed by atoms with Crippen molar-refractivity contribution in [3.63, 3.8) is 0 Å². The zero-order valence-corrected chi connectivity index (χ0v) is 17.7. The number of aryl methyl sites for hydroxylation is 2. The number of hydrogen-bond donors (Lipinski definition) is 2. The average molecular weight is 457 g/mol. The molecule has 0 spiro atoms. The Bertz CT molecular complexity index is 671. The Morgan fingerprint density at radius 1 is 1.28 bits per heavy atom. The molecule has 7 heteroatoms. The highest BCUT2D eigenvalue weighted by atomic mass is 127. The molecule has 2 aromatic rings. The maximum atomic E-state index is 5.96. The molecule has 25 heavy (non-hydrogen) atoms. The fourth-order valence-electron chi connectivity index (χ4n) is 2.29. The van der Waals surface area contributed by atoms with Crippen LogP contribution in [0.1, 0.15) is 18.1 Å². The number of ether oxygens (including phenoxy) is 1. The van der Waals surface area contributed by atoms with E-state index in [9.17, 15) is 0 Å². The number of nitrogens with zero attached hydrogens (tertiary/aromatic N) is 3. The van der Waals surface area contributed by atoms with E-state index >= 15 is 0 Å². The molecule has 0 radical (unpaired) electrons. The first-order valence-electron chi connectivity index (χ1n) is 8.24. The molecule has 1 aromatic carbocycles. The van der Waals surface area contributed by atoms with E-state index < -0.39 is 0 Å². The smallest absolute Gasteiger partial charge is 0.191 e. The Labute approximate surface area is 167 Å². The number of aliphatic imine (C=N–C) groups is 1. The number of aromatic nitrogens is 2. The van der Waals surface area contributed by atoms with Gasteiger partial charge >= 0.3 is 0 Å². The summed E-state index contributed by atoms with van der Waals surface area (Å²) in [5.74, 6) is 1.68. The van der Waals surface area contributed by atoms with Crippen LogP contribution in [0.25, 0.3) is 0 Å². The van der Waals surface area contributed by atoms with Crippen molar-refractivity contribution in [3.05, 3.63) is 47.8 Å². The molecule has 0 aliphatic heterocycles. The van der Waals surface area contributed by atoms with E-state index in [1.54, 1.807) is 7.05 Å². The van der Waals surface area contributed by atoms with E-state index in [2.05, 4.69) is 20.7 Å². The minimum absolute atomic E-state index is 0. The molecular formula is C18H28IN5O. The van der Waals surface area contributed by atoms with Crippen LogP contribution in [0, 0.1) is 13.8 Å². The summed E-state index contributed by atoms with van der Waals surface area (Å²) in [6, 6.07) is 8.04. The third-order valence-corrected chi connectivity index (χ3v) is 3.60. The van der Waals surface area contributed by atoms with Crippen LogP contribution in [0.5, 0.6) is 5.75 Å². The number of nitrogens with one attached hydrogen (secondary N) is 2. The highest BCUT2D eigenvalue weighted by Gasteiger charge is 2.07. The molecule has 0 amide bonds. The molecule has 2 N–H and O–H groups in total. The van der Waals surface area contributed by atoms with Gasteiger partial charge < -0.3 is 15.4 Å². The Hall–Kier alpha value is -1.77. The van der Waals surface area contributed by atoms with Crippen LogP contribution in [0.15, 0.2) is 41.7 Å². The number of halogens is 1. The van der Waals surface area contributed by atoms with Crippen LogP contribution >= 0.6 is 24.0 Å². The Kier molecular flexibility index (Phi) is 9.33. The summed E-state index contributed by atoms with van der Waals surface area (Å²) in [7, 11) is 1.76. The van der Waals surface area contributed by atoms with E-state index in [1.165, 1.54) is 5.56 Å². The van der Waals surface area contributed by atoms with Gasteiger partial charge in [-0.3, -0.25) is 9.67 Å². The van der Waals surface area contributed by atoms with Crippen molar-refractivity contribution in [1.29, 1.82) is 0 Å². The minimum Gasteiger partial charge on any atom is -0.489 e. The molecule has 0 saturated heterocycles. The molecule has 0 aliphatic rings. The quantitative estimate of drug-likeness (QED) is 0.382. The summed E-state index contributed by atoms with van der Waals surface area (Å²) in [5.41, 5.74) is 2.31. The second-order valence-electron chi connectivity index (χ2n) is 5.85. The van der Waals surface area contributed by atoms with Crippen molar-refractivity contribution >= 4 is 29.9 Å². The van der Waals surface area contributed by atoms with Gasteiger partial charge in [-0.15, -0.1) is 24.0 Å². The Morgan fingerprint density at radius 2 is 2.04 bits per heavy atom. The van der Waals surface area contributed by atoms with Crippen LogP contribution in [0.2, 0.25) is 0 Å². The summed E-state index contributed by atoms with van der Waals surface area (Å²) in [4.78, 5) is 4.23. The zero-order valence-electron chi connectivity index (χ0n) is 15.3. The second-order valence-corrected chi connectivity index (χ2v) is 5.85. The molecule has 0 bridgehead atoms. The van der Waals surface area contributed by atoms with Gasteiger partial charge in [0.25, 0.3) is 0 Å². The van der Waals surface area contributed by atoms with Gasteiger partial charge in [0.1, 0.15) is 11.9 Å². The first-order valence-corrected chi connectivity index (χ1v) is 8.24. The molecule has 1 unspecified atom stereocenters. The maximum absolute atomic E-state index is 5.96. The van der Waals surface area contributed by atoms with E-state index in [0.29, 0.717) is 6.54 Å². The second kappa shape index (κ2) is 11.0. The van der Waals surface area contributed by atoms with Crippen LogP contribution in [-0.4, -0.2) is 42.0 Å². The van der Waals surface area contributed by atoms with Crippen molar-refractivity contribution in [2.24, 2.45) is 4.99 Å². The Balaban J connectivity index is 0.00000312. The van der Waals surface area contributed by atoms with Gasteiger partial charge in [0.05, 0.1) is 19.3 Å². The summed E-state index contributed by atoms with van der Waals surface area (Å²) in [6.45, 7) is 8.35. The molecule has 0 fully saturated rings. The average Bonchev–Trinajstić information content (AvgIpc) is 2.98. The predicted molar refractivity (Wildman–Crippen MR) is 113 cm³/mol. The fraction of sp³-hybridized carbons (Fsp3) is 0.444. The third-order valence-electron chi connectivity index (χ3n) is 3.60. The minimum atomic E-state index is 0. The lowest BCUT2D eigenvalue weighted by atomic mass is 10.2. The lowest BCUT2D eigenvalue weighted by Crippen LogP contribution is -2.42. The Morgan fingerprint density at radius 3 is 2.68 bits per heavy atom. The van der Waals surface area contributed by atoms with Crippen molar-refractivity contribution in [1.82, 2.24) is 20.4 Å². The monoisotopic (exact) mass is 457 g/mol. The fourth-order valence-corrected chi connectivity index (χ4v) is 2.29. The first kappa shape index (κ1) is 21.3. The number of para-hydroxylation sites is 1. The van der Waals surface area contributed by atoms with Gasteiger partial charge in [-0.05, 0) is 38.0 Å². The van der Waals surface area contributed by atoms with E-state index in [4.69, 9.17) is 4.74 Å². The highest BCUT2D eigenvalue weighted by Crippen LogP contribution is 2.17. The van der Waals surface area contributed by atoms with Crippen LogP contribution in [0.3, 0.4) is 0 Å². The number of guanidine groups is 1. The van der Waals surface area contributed by atoms with Crippen LogP contribution in [0.4, 0.5) is 0 Å². The predicted octanol–water partition coefficient (Wildman–Crippen LogP) is 2.75. The molecule has 1 heterocycles. The summed E-state index contributed by atoms with van der Waals surface area (Å²) in [6.07, 6.45) is 3.92. The first-order chi connectivity index (χ1) is 11.6. The maximum Gasteiger partial charge on any atom is 0.191 e. The molecule has 1 aromatic heterocycles. The van der Waals surface area contributed by atoms with Crippen LogP contribution in [-0.2, 0) is 6.54 Å². The number of rotatable bonds is 7. The lowest BCUT2D eigenvalue weighted by molar-refractivity contribution is 0.222. The number of benzene rings is 1. The van der Waals surface area contributed by atoms with Gasteiger partial charge in [0, 0.05) is 19.8 Å². The molecule has 0 aliphatic carbocycles. The van der Waals surface area contributed by atoms with Crippen molar-refractivity contribution in [3.8, 4) is 5.75 Å².